The van der Waals surface area contributed by atoms with Gasteiger partial charge in [0.15, 0.2) is 5.78 Å². The van der Waals surface area contributed by atoms with Crippen LogP contribution in [0.4, 0.5) is 0 Å². The van der Waals surface area contributed by atoms with E-state index in [1.165, 1.54) is 24.0 Å². The summed E-state index contributed by atoms with van der Waals surface area (Å²) in [5, 5.41) is 0. The van der Waals surface area contributed by atoms with Gasteiger partial charge in [0.1, 0.15) is 5.78 Å². The van der Waals surface area contributed by atoms with Crippen molar-refractivity contribution in [2.45, 2.75) is 87.5 Å². The second-order valence-corrected chi connectivity index (χ2v) is 6.30. The molecule has 0 aliphatic heterocycles. The molecule has 0 aliphatic carbocycles. The van der Waals surface area contributed by atoms with E-state index in [0.717, 1.165) is 18.4 Å². The lowest BCUT2D eigenvalue weighted by Gasteiger charge is -2.04. The molecule has 1 atom stereocenters. The first-order chi connectivity index (χ1) is 10.2. The molecule has 0 heterocycles. The molecule has 0 fully saturated rings. The van der Waals surface area contributed by atoms with Gasteiger partial charge in [0.05, 0.1) is 0 Å². The van der Waals surface area contributed by atoms with Crippen LogP contribution in [-0.2, 0) is 9.59 Å². The zero-order valence-corrected chi connectivity index (χ0v) is 16.0. The number of carbonyl (C=O) groups is 2. The molecule has 22 heavy (non-hydrogen) atoms. The summed E-state index contributed by atoms with van der Waals surface area (Å²) >= 11 is 0. The van der Waals surface area contributed by atoms with Gasteiger partial charge in [-0.25, -0.2) is 0 Å². The number of Topliss-reactive ketones (excluding diaryl/α,β-unsaturated/α-hetero) is 2. The van der Waals surface area contributed by atoms with Gasteiger partial charge in [-0.15, -0.1) is 0 Å². The number of unbranched alkanes of at least 4 members (excludes halogenated alkanes) is 1. The first kappa shape index (κ1) is 23.1. The van der Waals surface area contributed by atoms with Crippen molar-refractivity contribution in [2.75, 3.05) is 0 Å². The van der Waals surface area contributed by atoms with E-state index in [-0.39, 0.29) is 11.7 Å². The zero-order valence-electron chi connectivity index (χ0n) is 16.0. The molecule has 0 amide bonds. The van der Waals surface area contributed by atoms with E-state index in [2.05, 4.69) is 26.8 Å². The number of hydrogen-bond donors (Lipinski definition) is 0. The van der Waals surface area contributed by atoms with E-state index >= 15 is 0 Å². The van der Waals surface area contributed by atoms with E-state index in [0.29, 0.717) is 12.2 Å². The molecule has 0 radical (unpaired) electrons. The highest BCUT2D eigenvalue weighted by molar-refractivity contribution is 5.93. The predicted molar refractivity (Wildman–Crippen MR) is 97.1 cm³/mol. The molecule has 0 saturated carbocycles. The summed E-state index contributed by atoms with van der Waals surface area (Å²) in [5.41, 5.74) is 3.48. The molecule has 0 saturated heterocycles. The van der Waals surface area contributed by atoms with E-state index in [1.807, 2.05) is 27.7 Å². The van der Waals surface area contributed by atoms with Crippen LogP contribution >= 0.6 is 0 Å². The quantitative estimate of drug-likeness (QED) is 0.403. The maximum atomic E-state index is 11.1. The molecule has 0 spiro atoms. The van der Waals surface area contributed by atoms with Crippen molar-refractivity contribution >= 4 is 11.6 Å². The van der Waals surface area contributed by atoms with E-state index in [1.54, 1.807) is 6.92 Å². The van der Waals surface area contributed by atoms with Crippen LogP contribution in [0.1, 0.15) is 87.5 Å². The van der Waals surface area contributed by atoms with Gasteiger partial charge in [-0.05, 0) is 59.5 Å². The first-order valence-electron chi connectivity index (χ1n) is 8.50. The maximum absolute atomic E-state index is 11.1. The molecule has 2 heteroatoms. The lowest BCUT2D eigenvalue weighted by Crippen LogP contribution is -2.07. The Morgan fingerprint density at radius 1 is 1.00 bits per heavy atom. The average Bonchev–Trinajstić information content (AvgIpc) is 2.48. The summed E-state index contributed by atoms with van der Waals surface area (Å²) in [7, 11) is 0. The molecule has 0 aromatic heterocycles. The van der Waals surface area contributed by atoms with Gasteiger partial charge in [0.2, 0.25) is 0 Å². The Bertz CT molecular complexity index is 396. The first-order valence-corrected chi connectivity index (χ1v) is 8.50. The highest BCUT2D eigenvalue weighted by atomic mass is 16.1. The number of allylic oxidation sites excluding steroid dienone is 4. The van der Waals surface area contributed by atoms with E-state index in [4.69, 9.17) is 0 Å². The van der Waals surface area contributed by atoms with Crippen LogP contribution in [0.2, 0.25) is 0 Å². The highest BCUT2D eigenvalue weighted by Crippen LogP contribution is 2.12. The van der Waals surface area contributed by atoms with E-state index in [9.17, 15) is 9.59 Å². The molecular weight excluding hydrogens is 272 g/mol. The van der Waals surface area contributed by atoms with Crippen LogP contribution in [0.15, 0.2) is 22.8 Å². The van der Waals surface area contributed by atoms with Gasteiger partial charge < -0.3 is 0 Å². The lowest BCUT2D eigenvalue weighted by molar-refractivity contribution is -0.122. The van der Waals surface area contributed by atoms with Gasteiger partial charge in [-0.1, -0.05) is 44.4 Å². The molecule has 2 nitrogen and oxygen atoms in total. The van der Waals surface area contributed by atoms with Crippen molar-refractivity contribution in [3.63, 3.8) is 0 Å². The van der Waals surface area contributed by atoms with Crippen LogP contribution in [-0.4, -0.2) is 11.6 Å². The summed E-state index contributed by atoms with van der Waals surface area (Å²) in [4.78, 5) is 22.0. The van der Waals surface area contributed by atoms with Crippen LogP contribution < -0.4 is 0 Å². The van der Waals surface area contributed by atoms with Crippen LogP contribution in [0.3, 0.4) is 0 Å². The molecule has 0 N–H and O–H groups in total. The number of rotatable bonds is 8. The summed E-state index contributed by atoms with van der Waals surface area (Å²) in [6.07, 6.45) is 7.14. The Kier molecular flexibility index (Phi) is 14.1. The molecule has 1 unspecified atom stereocenters. The fourth-order valence-corrected chi connectivity index (χ4v) is 1.82. The Morgan fingerprint density at radius 2 is 1.55 bits per heavy atom. The monoisotopic (exact) mass is 308 g/mol. The minimum absolute atomic E-state index is 0.204. The lowest BCUT2D eigenvalue weighted by atomic mass is 10.00. The normalized spacial score (nSPS) is 12.5. The fourth-order valence-electron chi connectivity index (χ4n) is 1.82. The van der Waals surface area contributed by atoms with Crippen molar-refractivity contribution in [2.24, 2.45) is 5.92 Å². The molecule has 0 aliphatic rings. The number of carbonyl (C=O) groups excluding carboxylic acids is 2. The van der Waals surface area contributed by atoms with Gasteiger partial charge in [-0.2, -0.15) is 0 Å². The predicted octanol–water partition coefficient (Wildman–Crippen LogP) is 6.06. The fraction of sp³-hybridized carbons (Fsp3) is 0.700. The third-order valence-corrected chi connectivity index (χ3v) is 3.85. The third kappa shape index (κ3) is 12.6. The largest absolute Gasteiger partial charge is 0.299 e. The Hall–Kier alpha value is -1.18. The van der Waals surface area contributed by atoms with Crippen molar-refractivity contribution in [3.05, 3.63) is 22.8 Å². The minimum Gasteiger partial charge on any atom is -0.299 e. The SMILES string of the molecule is CCC(=O)C(C)CC=C(C)C.CCCCC(C)=C(C)C(C)=O. The second kappa shape index (κ2) is 13.5. The maximum Gasteiger partial charge on any atom is 0.155 e. The van der Waals surface area contributed by atoms with Crippen molar-refractivity contribution in [1.29, 1.82) is 0 Å². The molecule has 0 aromatic carbocycles. The topological polar surface area (TPSA) is 34.1 Å². The van der Waals surface area contributed by atoms with Crippen LogP contribution in [0, 0.1) is 5.92 Å². The Labute approximate surface area is 138 Å². The summed E-state index contributed by atoms with van der Waals surface area (Å²) in [6.45, 7) is 15.8. The molecule has 0 bridgehead atoms. The van der Waals surface area contributed by atoms with Gasteiger partial charge in [-0.3, -0.25) is 9.59 Å². The zero-order chi connectivity index (χ0) is 17.7. The van der Waals surface area contributed by atoms with Crippen LogP contribution in [0.5, 0.6) is 0 Å². The van der Waals surface area contributed by atoms with Gasteiger partial charge >= 0.3 is 0 Å². The standard InChI is InChI=1S/2C10H18O/c1-5-10(11)9(4)7-6-8(2)3;1-5-6-7-8(2)9(3)10(4)11/h6,9H,5,7H2,1-4H3;5-7H2,1-4H3. The molecule has 0 aromatic rings. The molecule has 0 rings (SSSR count). The molecule has 128 valence electrons. The third-order valence-electron chi connectivity index (χ3n) is 3.85. The Balaban J connectivity index is 0. The summed E-state index contributed by atoms with van der Waals surface area (Å²) in [6, 6.07) is 0. The van der Waals surface area contributed by atoms with Gasteiger partial charge in [0.25, 0.3) is 0 Å². The Morgan fingerprint density at radius 3 is 1.91 bits per heavy atom. The number of hydrogen-bond acceptors (Lipinski definition) is 2. The van der Waals surface area contributed by atoms with Crippen LogP contribution in [0.25, 0.3) is 0 Å². The van der Waals surface area contributed by atoms with Crippen molar-refractivity contribution < 1.29 is 9.59 Å². The number of ketones is 2. The van der Waals surface area contributed by atoms with E-state index < -0.39 is 0 Å². The van der Waals surface area contributed by atoms with Crippen molar-refractivity contribution in [1.82, 2.24) is 0 Å². The highest BCUT2D eigenvalue weighted by Gasteiger charge is 2.07. The summed E-state index contributed by atoms with van der Waals surface area (Å²) in [5.74, 6) is 0.774. The minimum atomic E-state index is 0.204. The average molecular weight is 309 g/mol. The smallest absolute Gasteiger partial charge is 0.155 e. The summed E-state index contributed by atoms with van der Waals surface area (Å²) < 4.78 is 0. The second-order valence-electron chi connectivity index (χ2n) is 6.30. The van der Waals surface area contributed by atoms with Gasteiger partial charge in [0, 0.05) is 12.3 Å². The van der Waals surface area contributed by atoms with Crippen molar-refractivity contribution in [3.8, 4) is 0 Å². The molecular formula is C20H36O2.